The third kappa shape index (κ3) is 3.75. The summed E-state index contributed by atoms with van der Waals surface area (Å²) in [5.74, 6) is 0. The van der Waals surface area contributed by atoms with Crippen LogP contribution in [0.15, 0.2) is 25.2 Å². The first kappa shape index (κ1) is 10.3. The van der Waals surface area contributed by atoms with E-state index < -0.39 is 6.09 Å². The fourth-order valence-electron chi connectivity index (χ4n) is 0.906. The van der Waals surface area contributed by atoms with Gasteiger partial charge in [0.2, 0.25) is 0 Å². The van der Waals surface area contributed by atoms with Crippen LogP contribution in [0.1, 0.15) is 5.69 Å². The number of aromatic nitrogens is 2. The first-order valence-corrected chi connectivity index (χ1v) is 4.31. The summed E-state index contributed by atoms with van der Waals surface area (Å²) in [4.78, 5) is 17.7. The van der Waals surface area contributed by atoms with E-state index in [-0.39, 0.29) is 6.61 Å². The molecule has 76 valence electrons. The van der Waals surface area contributed by atoms with Crippen LogP contribution < -0.4 is 5.32 Å². The van der Waals surface area contributed by atoms with Gasteiger partial charge in [0, 0.05) is 24.9 Å². The first-order valence-electron chi connectivity index (χ1n) is 4.31. The molecular formula is C9H13N3O2. The Hall–Kier alpha value is -1.78. The minimum Gasteiger partial charge on any atom is -0.445 e. The molecule has 0 radical (unpaired) electrons. The van der Waals surface area contributed by atoms with Crippen LogP contribution in [-0.2, 0) is 11.2 Å². The highest BCUT2D eigenvalue weighted by molar-refractivity contribution is 5.67. The Labute approximate surface area is 82.2 Å². The summed E-state index contributed by atoms with van der Waals surface area (Å²) in [5.41, 5.74) is 0.981. The zero-order chi connectivity index (χ0) is 10.2. The van der Waals surface area contributed by atoms with E-state index in [1.807, 2.05) is 0 Å². The lowest BCUT2D eigenvalue weighted by molar-refractivity contribution is 0.158. The van der Waals surface area contributed by atoms with E-state index in [0.717, 1.165) is 5.69 Å². The molecule has 0 aliphatic carbocycles. The Morgan fingerprint density at radius 1 is 1.79 bits per heavy atom. The monoisotopic (exact) mass is 195 g/mol. The van der Waals surface area contributed by atoms with Crippen LogP contribution in [0, 0.1) is 0 Å². The van der Waals surface area contributed by atoms with Crippen LogP contribution >= 0.6 is 0 Å². The molecule has 2 N–H and O–H groups in total. The second kappa shape index (κ2) is 5.80. The van der Waals surface area contributed by atoms with Crippen molar-refractivity contribution in [1.82, 2.24) is 15.3 Å². The average Bonchev–Trinajstić information content (AvgIpc) is 2.67. The summed E-state index contributed by atoms with van der Waals surface area (Å²) in [6.45, 7) is 4.19. The minimum absolute atomic E-state index is 0.232. The van der Waals surface area contributed by atoms with E-state index in [1.54, 1.807) is 12.5 Å². The number of carbonyl (C=O) groups is 1. The molecule has 1 rings (SSSR count). The van der Waals surface area contributed by atoms with Crippen molar-refractivity contribution >= 4 is 6.09 Å². The molecule has 0 spiro atoms. The average molecular weight is 195 g/mol. The largest absolute Gasteiger partial charge is 0.445 e. The van der Waals surface area contributed by atoms with Crippen molar-refractivity contribution in [2.24, 2.45) is 0 Å². The number of nitrogens with zero attached hydrogens (tertiary/aromatic N) is 1. The van der Waals surface area contributed by atoms with Gasteiger partial charge in [0.25, 0.3) is 0 Å². The molecule has 5 heteroatoms. The molecule has 0 unspecified atom stereocenters. The third-order valence-corrected chi connectivity index (χ3v) is 1.55. The second-order valence-electron chi connectivity index (χ2n) is 2.64. The van der Waals surface area contributed by atoms with Crippen molar-refractivity contribution in [3.05, 3.63) is 30.9 Å². The number of alkyl carbamates (subject to hydrolysis) is 1. The van der Waals surface area contributed by atoms with Crippen LogP contribution in [0.4, 0.5) is 4.79 Å². The number of imidazole rings is 1. The SMILES string of the molecule is C=CCOC(=O)NCCc1cnc[nH]1. The molecule has 0 saturated carbocycles. The summed E-state index contributed by atoms with van der Waals surface area (Å²) < 4.78 is 4.72. The maximum Gasteiger partial charge on any atom is 0.407 e. The van der Waals surface area contributed by atoms with Gasteiger partial charge in [0.1, 0.15) is 6.61 Å². The van der Waals surface area contributed by atoms with E-state index in [4.69, 9.17) is 4.74 Å². The Morgan fingerprint density at radius 2 is 2.64 bits per heavy atom. The van der Waals surface area contributed by atoms with E-state index in [9.17, 15) is 4.79 Å². The highest BCUT2D eigenvalue weighted by Gasteiger charge is 1.99. The van der Waals surface area contributed by atoms with E-state index in [2.05, 4.69) is 21.9 Å². The Bertz CT molecular complexity index is 282. The molecule has 0 atom stereocenters. The molecule has 0 aliphatic heterocycles. The predicted octanol–water partition coefficient (Wildman–Crippen LogP) is 0.864. The van der Waals surface area contributed by atoms with Crippen molar-refractivity contribution in [1.29, 1.82) is 0 Å². The number of nitrogens with one attached hydrogen (secondary N) is 2. The molecule has 0 fully saturated rings. The fourth-order valence-corrected chi connectivity index (χ4v) is 0.906. The summed E-state index contributed by atoms with van der Waals surface area (Å²) in [5, 5.41) is 2.60. The molecule has 0 bridgehead atoms. The van der Waals surface area contributed by atoms with Gasteiger partial charge in [-0.15, -0.1) is 0 Å². The molecule has 1 amide bonds. The maximum atomic E-state index is 10.9. The normalized spacial score (nSPS) is 9.43. The number of hydrogen-bond donors (Lipinski definition) is 2. The third-order valence-electron chi connectivity index (χ3n) is 1.55. The summed E-state index contributed by atoms with van der Waals surface area (Å²) in [6, 6.07) is 0. The predicted molar refractivity (Wildman–Crippen MR) is 51.8 cm³/mol. The van der Waals surface area contributed by atoms with Crippen LogP contribution in [0.2, 0.25) is 0 Å². The van der Waals surface area contributed by atoms with Gasteiger partial charge in [-0.1, -0.05) is 12.7 Å². The topological polar surface area (TPSA) is 67.0 Å². The minimum atomic E-state index is -0.426. The smallest absolute Gasteiger partial charge is 0.407 e. The molecule has 1 aromatic heterocycles. The molecule has 1 aromatic rings. The van der Waals surface area contributed by atoms with Gasteiger partial charge in [0.05, 0.1) is 6.33 Å². The maximum absolute atomic E-state index is 10.9. The number of ether oxygens (including phenoxy) is 1. The lowest BCUT2D eigenvalue weighted by Crippen LogP contribution is -2.26. The van der Waals surface area contributed by atoms with Crippen molar-refractivity contribution in [3.63, 3.8) is 0 Å². The zero-order valence-corrected chi connectivity index (χ0v) is 7.82. The van der Waals surface area contributed by atoms with Gasteiger partial charge in [-0.25, -0.2) is 9.78 Å². The van der Waals surface area contributed by atoms with Crippen molar-refractivity contribution in [3.8, 4) is 0 Å². The fraction of sp³-hybridized carbons (Fsp3) is 0.333. The lowest BCUT2D eigenvalue weighted by Gasteiger charge is -2.03. The van der Waals surface area contributed by atoms with Crippen LogP contribution in [-0.4, -0.2) is 29.2 Å². The lowest BCUT2D eigenvalue weighted by atomic mass is 10.3. The number of hydrogen-bond acceptors (Lipinski definition) is 3. The zero-order valence-electron chi connectivity index (χ0n) is 7.82. The molecule has 0 saturated heterocycles. The van der Waals surface area contributed by atoms with Crippen molar-refractivity contribution < 1.29 is 9.53 Å². The highest BCUT2D eigenvalue weighted by atomic mass is 16.5. The molecule has 1 heterocycles. The van der Waals surface area contributed by atoms with Crippen LogP contribution in [0.5, 0.6) is 0 Å². The Balaban J connectivity index is 2.09. The number of carbonyl (C=O) groups excluding carboxylic acids is 1. The van der Waals surface area contributed by atoms with Gasteiger partial charge >= 0.3 is 6.09 Å². The Morgan fingerprint density at radius 3 is 3.29 bits per heavy atom. The molecule has 0 aromatic carbocycles. The van der Waals surface area contributed by atoms with Crippen LogP contribution in [0.25, 0.3) is 0 Å². The first-order chi connectivity index (χ1) is 6.83. The number of aromatic amines is 1. The standard InChI is InChI=1S/C9H13N3O2/c1-2-5-14-9(13)11-4-3-8-6-10-7-12-8/h2,6-7H,1,3-5H2,(H,10,12)(H,11,13). The Kier molecular flexibility index (Phi) is 4.26. The van der Waals surface area contributed by atoms with Gasteiger partial charge in [-0.2, -0.15) is 0 Å². The summed E-state index contributed by atoms with van der Waals surface area (Å²) >= 11 is 0. The van der Waals surface area contributed by atoms with Gasteiger partial charge in [0.15, 0.2) is 0 Å². The van der Waals surface area contributed by atoms with Crippen molar-refractivity contribution in [2.75, 3.05) is 13.2 Å². The van der Waals surface area contributed by atoms with E-state index in [1.165, 1.54) is 6.08 Å². The summed E-state index contributed by atoms with van der Waals surface area (Å²) in [7, 11) is 0. The quantitative estimate of drug-likeness (QED) is 0.685. The van der Waals surface area contributed by atoms with E-state index in [0.29, 0.717) is 13.0 Å². The van der Waals surface area contributed by atoms with Crippen molar-refractivity contribution in [2.45, 2.75) is 6.42 Å². The highest BCUT2D eigenvalue weighted by Crippen LogP contribution is 1.90. The molecule has 5 nitrogen and oxygen atoms in total. The van der Waals surface area contributed by atoms with Crippen LogP contribution in [0.3, 0.4) is 0 Å². The molecule has 0 aliphatic rings. The number of rotatable bonds is 5. The molecular weight excluding hydrogens is 182 g/mol. The number of H-pyrrole nitrogens is 1. The summed E-state index contributed by atoms with van der Waals surface area (Å²) in [6.07, 6.45) is 5.13. The number of amides is 1. The second-order valence-corrected chi connectivity index (χ2v) is 2.64. The van der Waals surface area contributed by atoms with Gasteiger partial charge in [-0.3, -0.25) is 0 Å². The van der Waals surface area contributed by atoms with Gasteiger partial charge < -0.3 is 15.0 Å². The van der Waals surface area contributed by atoms with Gasteiger partial charge in [-0.05, 0) is 0 Å². The van der Waals surface area contributed by atoms with E-state index >= 15 is 0 Å². The molecule has 14 heavy (non-hydrogen) atoms.